The largest absolute Gasteiger partial charge is 0.493 e. The number of carbonyl (C=O) groups excluding carboxylic acids is 1. The first kappa shape index (κ1) is 36.3. The van der Waals surface area contributed by atoms with Gasteiger partial charge in [0.2, 0.25) is 0 Å². The van der Waals surface area contributed by atoms with Crippen LogP contribution in [0.25, 0.3) is 0 Å². The molecule has 0 unspecified atom stereocenters. The Labute approximate surface area is 281 Å². The molecule has 0 aliphatic heterocycles. The molecule has 1 amide bonds. The Morgan fingerprint density at radius 3 is 1.84 bits per heavy atom. The van der Waals surface area contributed by atoms with Gasteiger partial charge in [-0.3, -0.25) is 25.6 Å². The number of amides is 1. The Balaban J connectivity index is 1.24. The average Bonchev–Trinajstić information content (AvgIpc) is 3.08. The molecule has 4 aromatic carbocycles. The van der Waals surface area contributed by atoms with Gasteiger partial charge in [-0.1, -0.05) is 26.0 Å². The standard InChI is InChI=1S/C35H36N2O12/c1-35(2,20-45-28-10-6-26(7-11-28)36-32(38)31-15-22(17-48-43)3-14-30(31)34(41)42)21-46-29-12-8-27(9-13-29)37-47-18-25-16-23(33(39)40)4-5-24(25)19-49-44/h3-16,37,43-44H,17-21H2,1-2H3,(H,36,38)(H,39,40)(H,41,42). The van der Waals surface area contributed by atoms with E-state index in [0.29, 0.717) is 52.8 Å². The van der Waals surface area contributed by atoms with E-state index in [1.54, 1.807) is 54.6 Å². The first-order valence-electron chi connectivity index (χ1n) is 14.9. The molecule has 49 heavy (non-hydrogen) atoms. The molecule has 14 nitrogen and oxygen atoms in total. The van der Waals surface area contributed by atoms with Gasteiger partial charge in [0, 0.05) is 11.1 Å². The summed E-state index contributed by atoms with van der Waals surface area (Å²) in [6, 6.07) is 22.2. The van der Waals surface area contributed by atoms with E-state index in [4.69, 9.17) is 24.8 Å². The molecular formula is C35H36N2O12. The van der Waals surface area contributed by atoms with Gasteiger partial charge in [0.1, 0.15) is 31.3 Å². The van der Waals surface area contributed by atoms with E-state index >= 15 is 0 Å². The molecule has 258 valence electrons. The summed E-state index contributed by atoms with van der Waals surface area (Å²) in [7, 11) is 0. The maximum atomic E-state index is 12.8. The third-order valence-corrected chi connectivity index (χ3v) is 7.11. The third kappa shape index (κ3) is 10.8. The van der Waals surface area contributed by atoms with E-state index in [-0.39, 0.29) is 41.9 Å². The molecule has 6 N–H and O–H groups in total. The molecule has 14 heteroatoms. The number of anilines is 2. The smallest absolute Gasteiger partial charge is 0.336 e. The fourth-order valence-corrected chi connectivity index (χ4v) is 4.48. The SMILES string of the molecule is CC(C)(COc1ccc(NOCc2cc(C(=O)O)ccc2COO)cc1)COc1ccc(NC(=O)c2cc(COO)ccc2C(=O)O)cc1. The van der Waals surface area contributed by atoms with Crippen molar-refractivity contribution >= 4 is 29.2 Å². The molecule has 4 aromatic rings. The van der Waals surface area contributed by atoms with Crippen LogP contribution in [0.3, 0.4) is 0 Å². The molecule has 0 fully saturated rings. The summed E-state index contributed by atoms with van der Waals surface area (Å²) in [5, 5.41) is 38.9. The molecule has 0 saturated heterocycles. The van der Waals surface area contributed by atoms with Crippen LogP contribution in [0.5, 0.6) is 11.5 Å². The summed E-state index contributed by atoms with van der Waals surface area (Å²) in [5.74, 6) is -1.80. The highest BCUT2D eigenvalue weighted by molar-refractivity contribution is 6.10. The Kier molecular flexibility index (Phi) is 12.6. The number of rotatable bonds is 18. The van der Waals surface area contributed by atoms with Crippen LogP contribution in [0, 0.1) is 5.41 Å². The molecule has 0 aromatic heterocycles. The quantitative estimate of drug-likeness (QED) is 0.0504. The summed E-state index contributed by atoms with van der Waals surface area (Å²) >= 11 is 0. The normalized spacial score (nSPS) is 11.1. The lowest BCUT2D eigenvalue weighted by atomic mass is 9.96. The molecule has 0 radical (unpaired) electrons. The van der Waals surface area contributed by atoms with Crippen molar-refractivity contribution < 1.29 is 59.2 Å². The molecule has 0 spiro atoms. The molecule has 4 rings (SSSR count). The average molecular weight is 677 g/mol. The van der Waals surface area contributed by atoms with Gasteiger partial charge in [-0.15, -0.1) is 0 Å². The van der Waals surface area contributed by atoms with Gasteiger partial charge >= 0.3 is 11.9 Å². The third-order valence-electron chi connectivity index (χ3n) is 7.11. The van der Waals surface area contributed by atoms with Crippen molar-refractivity contribution in [3.63, 3.8) is 0 Å². The highest BCUT2D eigenvalue weighted by Gasteiger charge is 2.21. The summed E-state index contributed by atoms with van der Waals surface area (Å²) in [6.45, 7) is 4.33. The second-order valence-corrected chi connectivity index (χ2v) is 11.7. The number of nitrogens with one attached hydrogen (secondary N) is 2. The van der Waals surface area contributed by atoms with Gasteiger partial charge in [-0.2, -0.15) is 0 Å². The van der Waals surface area contributed by atoms with Gasteiger partial charge in [0.05, 0.1) is 35.6 Å². The van der Waals surface area contributed by atoms with Crippen molar-refractivity contribution in [1.82, 2.24) is 0 Å². The second-order valence-electron chi connectivity index (χ2n) is 11.7. The summed E-state index contributed by atoms with van der Waals surface area (Å²) in [4.78, 5) is 49.6. The minimum Gasteiger partial charge on any atom is -0.493 e. The van der Waals surface area contributed by atoms with Crippen LogP contribution in [0.15, 0.2) is 84.9 Å². The zero-order valence-electron chi connectivity index (χ0n) is 26.7. The van der Waals surface area contributed by atoms with E-state index < -0.39 is 17.8 Å². The van der Waals surface area contributed by atoms with Crippen molar-refractivity contribution in [2.75, 3.05) is 24.0 Å². The predicted octanol–water partition coefficient (Wildman–Crippen LogP) is 6.34. The van der Waals surface area contributed by atoms with Crippen molar-refractivity contribution in [2.24, 2.45) is 5.41 Å². The van der Waals surface area contributed by atoms with Crippen LogP contribution in [0.1, 0.15) is 61.6 Å². The van der Waals surface area contributed by atoms with Crippen LogP contribution in [-0.2, 0) is 34.4 Å². The van der Waals surface area contributed by atoms with E-state index in [2.05, 4.69) is 20.6 Å². The zero-order valence-corrected chi connectivity index (χ0v) is 26.7. The van der Waals surface area contributed by atoms with E-state index in [9.17, 15) is 24.6 Å². The van der Waals surface area contributed by atoms with Crippen molar-refractivity contribution in [3.8, 4) is 11.5 Å². The maximum absolute atomic E-state index is 12.8. The van der Waals surface area contributed by atoms with Gasteiger partial charge in [-0.05, 0) is 89.5 Å². The Morgan fingerprint density at radius 1 is 0.653 bits per heavy atom. The molecule has 0 heterocycles. The number of hydrogen-bond acceptors (Lipinski definition) is 11. The Hall–Kier alpha value is -5.51. The zero-order chi connectivity index (χ0) is 35.4. The topological polar surface area (TPSA) is 202 Å². The van der Waals surface area contributed by atoms with Crippen molar-refractivity contribution in [3.05, 3.63) is 118 Å². The lowest BCUT2D eigenvalue weighted by molar-refractivity contribution is -0.253. The number of hydrogen-bond donors (Lipinski definition) is 6. The molecule has 0 bridgehead atoms. The van der Waals surface area contributed by atoms with Gasteiger partial charge in [0.25, 0.3) is 5.91 Å². The lowest BCUT2D eigenvalue weighted by Gasteiger charge is -2.25. The maximum Gasteiger partial charge on any atom is 0.336 e. The predicted molar refractivity (Wildman–Crippen MR) is 176 cm³/mol. The highest BCUT2D eigenvalue weighted by Crippen LogP contribution is 2.24. The van der Waals surface area contributed by atoms with Crippen LogP contribution in [0.4, 0.5) is 11.4 Å². The van der Waals surface area contributed by atoms with Gasteiger partial charge < -0.3 is 25.0 Å². The van der Waals surface area contributed by atoms with Crippen LogP contribution in [-0.4, -0.2) is 51.8 Å². The second kappa shape index (κ2) is 17.1. The fourth-order valence-electron chi connectivity index (χ4n) is 4.48. The number of carbonyl (C=O) groups is 3. The first-order chi connectivity index (χ1) is 23.5. The fraction of sp³-hybridized carbons (Fsp3) is 0.229. The number of ether oxygens (including phenoxy) is 2. The molecule has 0 aliphatic rings. The summed E-state index contributed by atoms with van der Waals surface area (Å²) in [6.07, 6.45) is 0. The Bertz CT molecular complexity index is 1740. The summed E-state index contributed by atoms with van der Waals surface area (Å²) in [5.41, 5.74) is 4.85. The summed E-state index contributed by atoms with van der Waals surface area (Å²) < 4.78 is 11.9. The van der Waals surface area contributed by atoms with Gasteiger partial charge in [0.15, 0.2) is 0 Å². The highest BCUT2D eigenvalue weighted by atomic mass is 17.1. The molecule has 0 saturated carbocycles. The van der Waals surface area contributed by atoms with Crippen LogP contribution in [0.2, 0.25) is 0 Å². The lowest BCUT2D eigenvalue weighted by Crippen LogP contribution is -2.28. The minimum atomic E-state index is -1.26. The number of carboxylic acid groups (broad SMARTS) is 2. The number of aromatic carboxylic acids is 2. The number of benzene rings is 4. The Morgan fingerprint density at radius 2 is 1.27 bits per heavy atom. The first-order valence-corrected chi connectivity index (χ1v) is 14.9. The van der Waals surface area contributed by atoms with Gasteiger partial charge in [-0.25, -0.2) is 19.4 Å². The molecule has 0 atom stereocenters. The van der Waals surface area contributed by atoms with Crippen LogP contribution < -0.4 is 20.3 Å². The van der Waals surface area contributed by atoms with Crippen molar-refractivity contribution in [2.45, 2.75) is 33.7 Å². The van der Waals surface area contributed by atoms with E-state index in [1.165, 1.54) is 30.3 Å². The molecule has 0 aliphatic carbocycles. The van der Waals surface area contributed by atoms with Crippen molar-refractivity contribution in [1.29, 1.82) is 0 Å². The minimum absolute atomic E-state index is 0.0218. The monoisotopic (exact) mass is 676 g/mol. The number of carboxylic acids is 2. The molecular weight excluding hydrogens is 640 g/mol. The van der Waals surface area contributed by atoms with E-state index in [1.807, 2.05) is 13.8 Å². The van der Waals surface area contributed by atoms with E-state index in [0.717, 1.165) is 0 Å². The van der Waals surface area contributed by atoms with Crippen LogP contribution >= 0.6 is 0 Å².